The Hall–Kier alpha value is -2.18. The van der Waals surface area contributed by atoms with Gasteiger partial charge in [0.25, 0.3) is 0 Å². The Balaban J connectivity index is 1.56. The van der Waals surface area contributed by atoms with Crippen molar-refractivity contribution < 1.29 is 14.7 Å². The molecule has 1 aliphatic rings. The quantitative estimate of drug-likeness (QED) is 0.699. The van der Waals surface area contributed by atoms with Gasteiger partial charge in [0.05, 0.1) is 6.54 Å². The molecule has 24 heavy (non-hydrogen) atoms. The van der Waals surface area contributed by atoms with E-state index in [1.54, 1.807) is 0 Å². The molecular weight excluding hydrogens is 324 g/mol. The van der Waals surface area contributed by atoms with Crippen LogP contribution < -0.4 is 10.6 Å². The van der Waals surface area contributed by atoms with Crippen LogP contribution in [0.2, 0.25) is 0 Å². The summed E-state index contributed by atoms with van der Waals surface area (Å²) in [4.78, 5) is 23.9. The van der Waals surface area contributed by atoms with Gasteiger partial charge in [0.15, 0.2) is 0 Å². The molecule has 126 valence electrons. The predicted molar refractivity (Wildman–Crippen MR) is 92.2 cm³/mol. The summed E-state index contributed by atoms with van der Waals surface area (Å²) in [5.74, 6) is -1.29. The molecule has 1 aliphatic carbocycles. The summed E-state index contributed by atoms with van der Waals surface area (Å²) in [6.45, 7) is 0.355. The van der Waals surface area contributed by atoms with Crippen LogP contribution in [0.1, 0.15) is 24.0 Å². The zero-order chi connectivity index (χ0) is 17.0. The number of thiophene rings is 1. The summed E-state index contributed by atoms with van der Waals surface area (Å²) in [6.07, 6.45) is 1.84. The minimum absolute atomic E-state index is 0.0341. The Morgan fingerprint density at radius 3 is 2.46 bits per heavy atom. The molecule has 1 heterocycles. The molecule has 3 N–H and O–H groups in total. The van der Waals surface area contributed by atoms with Gasteiger partial charge in [-0.25, -0.2) is 0 Å². The van der Waals surface area contributed by atoms with E-state index in [0.29, 0.717) is 6.54 Å². The maximum Gasteiger partial charge on any atom is 0.309 e. The SMILES string of the molecule is O=C(NCc1ccsc1)C(=O)NCC(O)(c1ccccc1)C1CC1. The van der Waals surface area contributed by atoms with Crippen molar-refractivity contribution in [3.05, 3.63) is 58.3 Å². The number of amides is 2. The highest BCUT2D eigenvalue weighted by molar-refractivity contribution is 7.07. The van der Waals surface area contributed by atoms with Gasteiger partial charge in [0, 0.05) is 6.54 Å². The Bertz CT molecular complexity index is 698. The molecule has 2 amide bonds. The van der Waals surface area contributed by atoms with Gasteiger partial charge in [-0.15, -0.1) is 0 Å². The topological polar surface area (TPSA) is 78.4 Å². The van der Waals surface area contributed by atoms with Gasteiger partial charge in [-0.1, -0.05) is 30.3 Å². The molecule has 6 heteroatoms. The van der Waals surface area contributed by atoms with E-state index in [-0.39, 0.29) is 12.5 Å². The molecule has 1 unspecified atom stereocenters. The van der Waals surface area contributed by atoms with Crippen molar-refractivity contribution in [2.24, 2.45) is 5.92 Å². The fourth-order valence-electron chi connectivity index (χ4n) is 2.72. The van der Waals surface area contributed by atoms with Crippen LogP contribution in [0.5, 0.6) is 0 Å². The molecule has 3 rings (SSSR count). The van der Waals surface area contributed by atoms with Crippen molar-refractivity contribution in [1.82, 2.24) is 10.6 Å². The zero-order valence-electron chi connectivity index (χ0n) is 13.2. The van der Waals surface area contributed by atoms with E-state index in [0.717, 1.165) is 24.0 Å². The minimum Gasteiger partial charge on any atom is -0.383 e. The van der Waals surface area contributed by atoms with Gasteiger partial charge in [0.2, 0.25) is 0 Å². The Morgan fingerprint density at radius 2 is 1.83 bits per heavy atom. The number of hydrogen-bond acceptors (Lipinski definition) is 4. The van der Waals surface area contributed by atoms with Gasteiger partial charge in [-0.3, -0.25) is 9.59 Å². The molecule has 0 radical (unpaired) electrons. The molecule has 1 saturated carbocycles. The third-order valence-electron chi connectivity index (χ3n) is 4.28. The van der Waals surface area contributed by atoms with E-state index in [9.17, 15) is 14.7 Å². The fourth-order valence-corrected chi connectivity index (χ4v) is 3.39. The maximum atomic E-state index is 12.0. The van der Waals surface area contributed by atoms with Crippen LogP contribution in [0.4, 0.5) is 0 Å². The van der Waals surface area contributed by atoms with Crippen LogP contribution in [0.25, 0.3) is 0 Å². The molecule has 1 fully saturated rings. The van der Waals surface area contributed by atoms with Gasteiger partial charge in [-0.05, 0) is 46.7 Å². The van der Waals surface area contributed by atoms with Gasteiger partial charge < -0.3 is 15.7 Å². The average molecular weight is 344 g/mol. The smallest absolute Gasteiger partial charge is 0.309 e. The van der Waals surface area contributed by atoms with E-state index in [4.69, 9.17) is 0 Å². The summed E-state index contributed by atoms with van der Waals surface area (Å²) in [6, 6.07) is 11.2. The number of carbonyl (C=O) groups excluding carboxylic acids is 2. The third-order valence-corrected chi connectivity index (χ3v) is 5.02. The fraction of sp³-hybridized carbons (Fsp3) is 0.333. The molecule has 0 aliphatic heterocycles. The highest BCUT2D eigenvalue weighted by Gasteiger charge is 2.45. The normalized spacial score (nSPS) is 16.2. The molecule has 1 atom stereocenters. The lowest BCUT2D eigenvalue weighted by atomic mass is 9.88. The molecule has 1 aromatic carbocycles. The number of nitrogens with one attached hydrogen (secondary N) is 2. The van der Waals surface area contributed by atoms with Crippen molar-refractivity contribution in [2.75, 3.05) is 6.54 Å². The lowest BCUT2D eigenvalue weighted by Gasteiger charge is -2.29. The molecule has 1 aromatic heterocycles. The number of hydrogen-bond donors (Lipinski definition) is 3. The van der Waals surface area contributed by atoms with Crippen LogP contribution in [0.15, 0.2) is 47.2 Å². The van der Waals surface area contributed by atoms with Crippen LogP contribution >= 0.6 is 11.3 Å². The number of benzene rings is 1. The largest absolute Gasteiger partial charge is 0.383 e. The monoisotopic (exact) mass is 344 g/mol. The third kappa shape index (κ3) is 3.83. The first-order chi connectivity index (χ1) is 11.6. The van der Waals surface area contributed by atoms with Gasteiger partial charge >= 0.3 is 11.8 Å². The first-order valence-corrected chi connectivity index (χ1v) is 8.89. The second-order valence-corrected chi connectivity index (χ2v) is 6.84. The van der Waals surface area contributed by atoms with Crippen molar-refractivity contribution in [3.63, 3.8) is 0 Å². The van der Waals surface area contributed by atoms with Gasteiger partial charge in [0.1, 0.15) is 5.60 Å². The van der Waals surface area contributed by atoms with Crippen molar-refractivity contribution >= 4 is 23.2 Å². The van der Waals surface area contributed by atoms with Crippen molar-refractivity contribution in [1.29, 1.82) is 0 Å². The summed E-state index contributed by atoms with van der Waals surface area (Å²) < 4.78 is 0. The summed E-state index contributed by atoms with van der Waals surface area (Å²) >= 11 is 1.54. The lowest BCUT2D eigenvalue weighted by Crippen LogP contribution is -2.47. The van der Waals surface area contributed by atoms with E-state index in [1.807, 2.05) is 47.2 Å². The van der Waals surface area contributed by atoms with Crippen molar-refractivity contribution in [3.8, 4) is 0 Å². The second-order valence-electron chi connectivity index (χ2n) is 6.06. The lowest BCUT2D eigenvalue weighted by molar-refractivity contribution is -0.140. The van der Waals surface area contributed by atoms with Gasteiger partial charge in [-0.2, -0.15) is 11.3 Å². The second kappa shape index (κ2) is 7.15. The molecule has 0 saturated heterocycles. The van der Waals surface area contributed by atoms with E-state index in [2.05, 4.69) is 10.6 Å². The van der Waals surface area contributed by atoms with Crippen LogP contribution in [-0.2, 0) is 21.7 Å². The first kappa shape index (κ1) is 16.7. The summed E-state index contributed by atoms with van der Waals surface area (Å²) in [7, 11) is 0. The molecule has 5 nitrogen and oxygen atoms in total. The summed E-state index contributed by atoms with van der Waals surface area (Å²) in [5, 5.41) is 20.0. The maximum absolute atomic E-state index is 12.0. The molecule has 0 spiro atoms. The van der Waals surface area contributed by atoms with Crippen molar-refractivity contribution in [2.45, 2.75) is 25.0 Å². The minimum atomic E-state index is -1.12. The predicted octanol–water partition coefficient (Wildman–Crippen LogP) is 1.78. The Morgan fingerprint density at radius 1 is 1.12 bits per heavy atom. The average Bonchev–Trinajstić information content (AvgIpc) is 3.35. The van der Waals surface area contributed by atoms with E-state index in [1.165, 1.54) is 11.3 Å². The molecule has 0 bridgehead atoms. The number of aliphatic hydroxyl groups is 1. The zero-order valence-corrected chi connectivity index (χ0v) is 14.0. The number of rotatable bonds is 6. The van der Waals surface area contributed by atoms with Crippen LogP contribution in [0, 0.1) is 5.92 Å². The van der Waals surface area contributed by atoms with Crippen LogP contribution in [0.3, 0.4) is 0 Å². The standard InChI is InChI=1S/C18H20N2O3S/c21-16(19-10-13-8-9-24-11-13)17(22)20-12-18(23,15-6-7-15)14-4-2-1-3-5-14/h1-5,8-9,11,15,23H,6-7,10,12H2,(H,19,21)(H,20,22). The summed E-state index contributed by atoms with van der Waals surface area (Å²) in [5.41, 5.74) is 0.608. The number of carbonyl (C=O) groups is 2. The molecular formula is C18H20N2O3S. The Kier molecular flexibility index (Phi) is 4.97. The van der Waals surface area contributed by atoms with E-state index >= 15 is 0 Å². The van der Waals surface area contributed by atoms with E-state index < -0.39 is 17.4 Å². The van der Waals surface area contributed by atoms with Crippen LogP contribution in [-0.4, -0.2) is 23.5 Å². The Labute approximate surface area is 144 Å². The first-order valence-electron chi connectivity index (χ1n) is 7.94. The highest BCUT2D eigenvalue weighted by atomic mass is 32.1. The molecule has 2 aromatic rings. The highest BCUT2D eigenvalue weighted by Crippen LogP contribution is 2.45.